The molecule has 0 fully saturated rings. The maximum Gasteiger partial charge on any atom is -0.0351 e. The molecule has 0 saturated heterocycles. The molecule has 0 heteroatoms. The fourth-order valence-corrected chi connectivity index (χ4v) is 2.17. The molecule has 0 aromatic carbocycles. The molecule has 0 aromatic heterocycles. The zero-order valence-corrected chi connectivity index (χ0v) is 12.5. The molecule has 0 N–H and O–H groups in total. The molecule has 0 nitrogen and oxygen atoms in total. The van der Waals surface area contributed by atoms with E-state index in [-0.39, 0.29) is 0 Å². The predicted octanol–water partition coefficient (Wildman–Crippen LogP) is 6.67. The van der Waals surface area contributed by atoms with Crippen LogP contribution in [0.25, 0.3) is 0 Å². The van der Waals surface area contributed by atoms with Crippen molar-refractivity contribution in [3.8, 4) is 0 Å². The summed E-state index contributed by atoms with van der Waals surface area (Å²) in [6.45, 7) is 7.74. The van der Waals surface area contributed by atoms with Gasteiger partial charge in [-0.2, -0.15) is 0 Å². The van der Waals surface area contributed by atoms with Crippen molar-refractivity contribution in [2.24, 2.45) is 0 Å². The molecule has 0 bridgehead atoms. The molecule has 0 aliphatic carbocycles. The van der Waals surface area contributed by atoms with Crippen LogP contribution in [-0.4, -0.2) is 0 Å². The first kappa shape index (κ1) is 17.7. The molecule has 0 aromatic rings. The Hall–Kier alpha value is -0.260. The van der Waals surface area contributed by atoms with Crippen molar-refractivity contribution in [3.63, 3.8) is 0 Å². The minimum Gasteiger partial charge on any atom is -0.0885 e. The molecule has 0 spiro atoms. The van der Waals surface area contributed by atoms with Crippen molar-refractivity contribution >= 4 is 0 Å². The van der Waals surface area contributed by atoms with Gasteiger partial charge in [0.05, 0.1) is 0 Å². The summed E-state index contributed by atoms with van der Waals surface area (Å²) in [7, 11) is 0. The lowest BCUT2D eigenvalue weighted by Crippen LogP contribution is -1.79. The van der Waals surface area contributed by atoms with Gasteiger partial charge in [-0.1, -0.05) is 90.2 Å². The minimum absolute atomic E-state index is 1.11. The number of rotatable bonds is 14. The van der Waals surface area contributed by atoms with Gasteiger partial charge in [-0.25, -0.2) is 0 Å². The highest BCUT2D eigenvalue weighted by Gasteiger charge is 1.89. The largest absolute Gasteiger partial charge is 0.0885 e. The molecule has 0 aliphatic rings. The molecule has 106 valence electrons. The van der Waals surface area contributed by atoms with Gasteiger partial charge in [-0.05, 0) is 25.7 Å². The molecule has 0 amide bonds. The Kier molecular flexibility index (Phi) is 16.5. The van der Waals surface area contributed by atoms with E-state index in [9.17, 15) is 0 Å². The van der Waals surface area contributed by atoms with Crippen LogP contribution in [0, 0.1) is 13.8 Å². The Balaban J connectivity index is 3.00. The topological polar surface area (TPSA) is 0 Å². The molecule has 0 atom stereocenters. The average Bonchev–Trinajstić information content (AvgIpc) is 2.39. The number of allylic oxidation sites excluding steroid dienone is 2. The Morgan fingerprint density at radius 1 is 0.444 bits per heavy atom. The highest BCUT2D eigenvalue weighted by Crippen LogP contribution is 2.09. The fraction of sp³-hybridized carbons (Fsp3) is 0.778. The summed E-state index contributed by atoms with van der Waals surface area (Å²) < 4.78 is 0. The van der Waals surface area contributed by atoms with Crippen molar-refractivity contribution in [3.05, 3.63) is 26.0 Å². The van der Waals surface area contributed by atoms with Crippen LogP contribution in [0.5, 0.6) is 0 Å². The molecular formula is C18H34. The van der Waals surface area contributed by atoms with Crippen molar-refractivity contribution in [2.45, 2.75) is 89.9 Å². The highest BCUT2D eigenvalue weighted by molar-refractivity contribution is 4.81. The molecule has 0 unspecified atom stereocenters. The third-order valence-corrected chi connectivity index (χ3v) is 3.41. The predicted molar refractivity (Wildman–Crippen MR) is 84.5 cm³/mol. The van der Waals surface area contributed by atoms with Crippen LogP contribution in [0.3, 0.4) is 0 Å². The van der Waals surface area contributed by atoms with Crippen LogP contribution in [0.1, 0.15) is 89.9 Å². The van der Waals surface area contributed by atoms with E-state index in [1.807, 2.05) is 0 Å². The summed E-state index contributed by atoms with van der Waals surface area (Å²) in [5.74, 6) is 0. The Bertz CT molecular complexity index is 139. The number of hydrogen-bond acceptors (Lipinski definition) is 0. The lowest BCUT2D eigenvalue weighted by Gasteiger charge is -1.98. The quantitative estimate of drug-likeness (QED) is 0.238. The van der Waals surface area contributed by atoms with Crippen molar-refractivity contribution < 1.29 is 0 Å². The summed E-state index contributed by atoms with van der Waals surface area (Å²) >= 11 is 0. The van der Waals surface area contributed by atoms with E-state index in [0.29, 0.717) is 0 Å². The Morgan fingerprint density at radius 2 is 0.778 bits per heavy atom. The summed E-state index contributed by atoms with van der Waals surface area (Å²) in [5.41, 5.74) is 0. The fourth-order valence-electron chi connectivity index (χ4n) is 2.17. The number of unbranched alkanes of at least 4 members (excludes halogenated alkanes) is 12. The van der Waals surface area contributed by atoms with Crippen LogP contribution in [0.15, 0.2) is 12.2 Å². The normalized spacial score (nSPS) is 11.4. The molecule has 0 aliphatic heterocycles. The zero-order valence-electron chi connectivity index (χ0n) is 12.5. The van der Waals surface area contributed by atoms with Gasteiger partial charge in [-0.3, -0.25) is 0 Å². The monoisotopic (exact) mass is 250 g/mol. The van der Waals surface area contributed by atoms with Gasteiger partial charge in [0, 0.05) is 0 Å². The summed E-state index contributed by atoms with van der Waals surface area (Å²) in [6, 6.07) is 0. The van der Waals surface area contributed by atoms with Crippen LogP contribution < -0.4 is 0 Å². The van der Waals surface area contributed by atoms with Gasteiger partial charge >= 0.3 is 0 Å². The first-order chi connectivity index (χ1) is 8.91. The molecule has 0 saturated carbocycles. The Morgan fingerprint density at radius 3 is 1.17 bits per heavy atom. The van der Waals surface area contributed by atoms with Gasteiger partial charge < -0.3 is 0 Å². The summed E-state index contributed by atoms with van der Waals surface area (Å²) in [6.07, 6.45) is 23.3. The molecule has 0 heterocycles. The maximum absolute atomic E-state index is 3.87. The van der Waals surface area contributed by atoms with Gasteiger partial charge in [0.1, 0.15) is 0 Å². The van der Waals surface area contributed by atoms with E-state index >= 15 is 0 Å². The van der Waals surface area contributed by atoms with Gasteiger partial charge in [0.2, 0.25) is 0 Å². The smallest absolute Gasteiger partial charge is 0.0351 e. The molecule has 18 heavy (non-hydrogen) atoms. The summed E-state index contributed by atoms with van der Waals surface area (Å²) in [5, 5.41) is 0. The third kappa shape index (κ3) is 15.7. The second kappa shape index (κ2) is 16.7. The second-order valence-corrected chi connectivity index (χ2v) is 5.29. The lowest BCUT2D eigenvalue weighted by molar-refractivity contribution is 0.616. The molecule has 0 rings (SSSR count). The van der Waals surface area contributed by atoms with E-state index in [2.05, 4.69) is 26.0 Å². The van der Waals surface area contributed by atoms with E-state index in [4.69, 9.17) is 0 Å². The van der Waals surface area contributed by atoms with Crippen LogP contribution in [-0.2, 0) is 0 Å². The average molecular weight is 250 g/mol. The second-order valence-electron chi connectivity index (χ2n) is 5.29. The Labute approximate surface area is 116 Å². The van der Waals surface area contributed by atoms with Crippen LogP contribution in [0.4, 0.5) is 0 Å². The lowest BCUT2D eigenvalue weighted by atomic mass is 10.1. The van der Waals surface area contributed by atoms with Crippen LogP contribution >= 0.6 is 0 Å². The van der Waals surface area contributed by atoms with E-state index in [1.165, 1.54) is 77.0 Å². The van der Waals surface area contributed by atoms with Gasteiger partial charge in [0.25, 0.3) is 0 Å². The van der Waals surface area contributed by atoms with E-state index in [1.54, 1.807) is 0 Å². The molecule has 2 radical (unpaired) electrons. The first-order valence-electron chi connectivity index (χ1n) is 8.15. The van der Waals surface area contributed by atoms with Gasteiger partial charge in [-0.15, -0.1) is 0 Å². The highest BCUT2D eigenvalue weighted by atomic mass is 14.0. The molecular weight excluding hydrogens is 216 g/mol. The minimum atomic E-state index is 1.11. The third-order valence-electron chi connectivity index (χ3n) is 3.41. The van der Waals surface area contributed by atoms with Crippen molar-refractivity contribution in [2.75, 3.05) is 0 Å². The summed E-state index contributed by atoms with van der Waals surface area (Å²) in [4.78, 5) is 0. The van der Waals surface area contributed by atoms with Crippen LogP contribution in [0.2, 0.25) is 0 Å². The number of hydrogen-bond donors (Lipinski definition) is 0. The van der Waals surface area contributed by atoms with E-state index < -0.39 is 0 Å². The first-order valence-corrected chi connectivity index (χ1v) is 8.15. The van der Waals surface area contributed by atoms with E-state index in [0.717, 1.165) is 12.8 Å². The van der Waals surface area contributed by atoms with Crippen molar-refractivity contribution in [1.29, 1.82) is 0 Å². The maximum atomic E-state index is 3.87. The standard InChI is InChI=1S/C18H34/c1-3-5-7-9-11-13-15-17-18-16-14-12-10-8-6-4-2/h17-18H,1-16H2/b18-17+. The SMILES string of the molecule is [CH2]CCCCCCC/C=C/CCCCCCC[CH2]. The van der Waals surface area contributed by atoms with Crippen molar-refractivity contribution in [1.82, 2.24) is 0 Å². The zero-order chi connectivity index (χ0) is 13.3. The van der Waals surface area contributed by atoms with Gasteiger partial charge in [0.15, 0.2) is 0 Å².